The Kier molecular flexibility index (Phi) is 5.98. The van der Waals surface area contributed by atoms with Gasteiger partial charge in [0.25, 0.3) is 5.91 Å². The topological polar surface area (TPSA) is 61.4 Å². The summed E-state index contributed by atoms with van der Waals surface area (Å²) in [5, 5.41) is 5.91. The van der Waals surface area contributed by atoms with Crippen molar-refractivity contribution < 1.29 is 9.59 Å². The number of rotatable bonds is 5. The van der Waals surface area contributed by atoms with Crippen LogP contribution in [0.3, 0.4) is 0 Å². The number of carbonyl (C=O) groups is 2. The summed E-state index contributed by atoms with van der Waals surface area (Å²) in [7, 11) is 3.40. The lowest BCUT2D eigenvalue weighted by Gasteiger charge is -2.12. The number of benzene rings is 2. The Bertz CT molecular complexity index is 742. The summed E-state index contributed by atoms with van der Waals surface area (Å²) in [6.45, 7) is 2.15. The van der Waals surface area contributed by atoms with E-state index in [1.165, 1.54) is 4.90 Å². The predicted octanol–water partition coefficient (Wildman–Crippen LogP) is 3.51. The van der Waals surface area contributed by atoms with Gasteiger partial charge in [0.2, 0.25) is 5.91 Å². The smallest absolute Gasteiger partial charge is 0.253 e. The predicted molar refractivity (Wildman–Crippen MR) is 100 cm³/mol. The van der Waals surface area contributed by atoms with Crippen LogP contribution >= 0.6 is 15.9 Å². The molecular formula is C18H20BrN3O2. The Morgan fingerprint density at radius 2 is 1.75 bits per heavy atom. The van der Waals surface area contributed by atoms with E-state index in [4.69, 9.17) is 0 Å². The fourth-order valence-electron chi connectivity index (χ4n) is 2.16. The van der Waals surface area contributed by atoms with E-state index in [2.05, 4.69) is 26.6 Å². The van der Waals surface area contributed by atoms with Crippen molar-refractivity contribution in [3.63, 3.8) is 0 Å². The second kappa shape index (κ2) is 7.97. The highest BCUT2D eigenvalue weighted by molar-refractivity contribution is 9.10. The number of hydrogen-bond donors (Lipinski definition) is 2. The van der Waals surface area contributed by atoms with Crippen molar-refractivity contribution >= 4 is 39.1 Å². The number of anilines is 2. The first-order valence-corrected chi connectivity index (χ1v) is 8.27. The first-order chi connectivity index (χ1) is 11.4. The van der Waals surface area contributed by atoms with E-state index in [0.717, 1.165) is 15.7 Å². The molecule has 0 saturated carbocycles. The molecule has 2 rings (SSSR count). The Hall–Kier alpha value is -2.34. The lowest BCUT2D eigenvalue weighted by Crippen LogP contribution is -2.23. The molecule has 0 atom stereocenters. The Labute approximate surface area is 150 Å². The molecule has 0 bridgehead atoms. The summed E-state index contributed by atoms with van der Waals surface area (Å²) in [5.41, 5.74) is 3.22. The van der Waals surface area contributed by atoms with Gasteiger partial charge in [-0.2, -0.15) is 0 Å². The van der Waals surface area contributed by atoms with Crippen LogP contribution in [0.5, 0.6) is 0 Å². The van der Waals surface area contributed by atoms with E-state index in [9.17, 15) is 9.59 Å². The summed E-state index contributed by atoms with van der Waals surface area (Å²) >= 11 is 3.41. The normalized spacial score (nSPS) is 10.2. The minimum absolute atomic E-state index is 0.0692. The van der Waals surface area contributed by atoms with Crippen molar-refractivity contribution in [1.29, 1.82) is 0 Å². The summed E-state index contributed by atoms with van der Waals surface area (Å²) in [6, 6.07) is 12.7. The molecule has 0 spiro atoms. The SMILES string of the molecule is Cc1cc(Br)ccc1NCC(=O)Nc1ccc(C(=O)N(C)C)cc1. The Morgan fingerprint density at radius 3 is 2.33 bits per heavy atom. The first-order valence-electron chi connectivity index (χ1n) is 7.48. The van der Waals surface area contributed by atoms with Gasteiger partial charge in [-0.25, -0.2) is 0 Å². The highest BCUT2D eigenvalue weighted by Gasteiger charge is 2.08. The van der Waals surface area contributed by atoms with Crippen molar-refractivity contribution in [3.8, 4) is 0 Å². The summed E-state index contributed by atoms with van der Waals surface area (Å²) in [5.74, 6) is -0.218. The maximum atomic E-state index is 12.0. The van der Waals surface area contributed by atoms with Gasteiger partial charge in [-0.3, -0.25) is 9.59 Å². The van der Waals surface area contributed by atoms with E-state index in [1.54, 1.807) is 38.4 Å². The van der Waals surface area contributed by atoms with E-state index in [1.807, 2.05) is 25.1 Å². The van der Waals surface area contributed by atoms with Gasteiger partial charge < -0.3 is 15.5 Å². The minimum Gasteiger partial charge on any atom is -0.376 e. The van der Waals surface area contributed by atoms with Crippen LogP contribution in [0.25, 0.3) is 0 Å². The third-order valence-corrected chi connectivity index (χ3v) is 3.94. The van der Waals surface area contributed by atoms with Crippen molar-refractivity contribution in [1.82, 2.24) is 4.90 Å². The largest absolute Gasteiger partial charge is 0.376 e. The van der Waals surface area contributed by atoms with E-state index in [-0.39, 0.29) is 18.4 Å². The quantitative estimate of drug-likeness (QED) is 0.822. The van der Waals surface area contributed by atoms with E-state index >= 15 is 0 Å². The molecule has 2 amide bonds. The second-order valence-electron chi connectivity index (χ2n) is 5.64. The van der Waals surface area contributed by atoms with Gasteiger partial charge in [-0.05, 0) is 55.0 Å². The average molecular weight is 390 g/mol. The van der Waals surface area contributed by atoms with Crippen LogP contribution in [-0.2, 0) is 4.79 Å². The highest BCUT2D eigenvalue weighted by atomic mass is 79.9. The molecule has 0 aliphatic rings. The molecule has 24 heavy (non-hydrogen) atoms. The first kappa shape index (κ1) is 18.0. The van der Waals surface area contributed by atoms with Gasteiger partial charge in [0.15, 0.2) is 0 Å². The molecule has 0 heterocycles. The molecule has 126 valence electrons. The summed E-state index contributed by atoms with van der Waals surface area (Å²) < 4.78 is 1.00. The molecule has 0 aliphatic carbocycles. The third-order valence-electron chi connectivity index (χ3n) is 3.45. The van der Waals surface area contributed by atoms with Crippen LogP contribution in [0.2, 0.25) is 0 Å². The van der Waals surface area contributed by atoms with Gasteiger partial charge in [-0.15, -0.1) is 0 Å². The number of nitrogens with one attached hydrogen (secondary N) is 2. The molecule has 5 nitrogen and oxygen atoms in total. The molecule has 2 aromatic rings. The zero-order valence-electron chi connectivity index (χ0n) is 13.9. The zero-order chi connectivity index (χ0) is 17.7. The van der Waals surface area contributed by atoms with Crippen LogP contribution in [0.1, 0.15) is 15.9 Å². The maximum Gasteiger partial charge on any atom is 0.253 e. The average Bonchev–Trinajstić information content (AvgIpc) is 2.54. The molecular weight excluding hydrogens is 370 g/mol. The third kappa shape index (κ3) is 4.83. The number of amides is 2. The highest BCUT2D eigenvalue weighted by Crippen LogP contribution is 2.19. The fourth-order valence-corrected chi connectivity index (χ4v) is 2.64. The number of hydrogen-bond acceptors (Lipinski definition) is 3. The minimum atomic E-state index is -0.149. The lowest BCUT2D eigenvalue weighted by atomic mass is 10.2. The molecule has 2 N–H and O–H groups in total. The lowest BCUT2D eigenvalue weighted by molar-refractivity contribution is -0.114. The summed E-state index contributed by atoms with van der Waals surface area (Å²) in [6.07, 6.45) is 0. The summed E-state index contributed by atoms with van der Waals surface area (Å²) in [4.78, 5) is 25.4. The Morgan fingerprint density at radius 1 is 1.08 bits per heavy atom. The number of nitrogens with zero attached hydrogens (tertiary/aromatic N) is 1. The molecule has 0 aromatic heterocycles. The number of halogens is 1. The van der Waals surface area contributed by atoms with Crippen molar-refractivity contribution in [3.05, 3.63) is 58.1 Å². The van der Waals surface area contributed by atoms with Crippen LogP contribution in [0.4, 0.5) is 11.4 Å². The fraction of sp³-hybridized carbons (Fsp3) is 0.222. The van der Waals surface area contributed by atoms with Gasteiger partial charge >= 0.3 is 0 Å². The van der Waals surface area contributed by atoms with Gasteiger partial charge in [-0.1, -0.05) is 15.9 Å². The van der Waals surface area contributed by atoms with Crippen molar-refractivity contribution in [2.75, 3.05) is 31.3 Å². The molecule has 0 aliphatic heterocycles. The molecule has 0 saturated heterocycles. The second-order valence-corrected chi connectivity index (χ2v) is 6.55. The van der Waals surface area contributed by atoms with E-state index < -0.39 is 0 Å². The van der Waals surface area contributed by atoms with Crippen LogP contribution in [-0.4, -0.2) is 37.4 Å². The number of carbonyl (C=O) groups excluding carboxylic acids is 2. The van der Waals surface area contributed by atoms with Crippen LogP contribution < -0.4 is 10.6 Å². The van der Waals surface area contributed by atoms with Crippen molar-refractivity contribution in [2.24, 2.45) is 0 Å². The number of aryl methyl sites for hydroxylation is 1. The van der Waals surface area contributed by atoms with Crippen LogP contribution in [0.15, 0.2) is 46.9 Å². The molecule has 0 fully saturated rings. The van der Waals surface area contributed by atoms with Crippen molar-refractivity contribution in [2.45, 2.75) is 6.92 Å². The monoisotopic (exact) mass is 389 g/mol. The standard InChI is InChI=1S/C18H20BrN3O2/c1-12-10-14(19)6-9-16(12)20-11-17(23)21-15-7-4-13(5-8-15)18(24)22(2)3/h4-10,20H,11H2,1-3H3,(H,21,23). The van der Waals surface area contributed by atoms with Gasteiger partial charge in [0.05, 0.1) is 6.54 Å². The molecule has 0 unspecified atom stereocenters. The van der Waals surface area contributed by atoms with Gasteiger partial charge in [0, 0.05) is 35.5 Å². The van der Waals surface area contributed by atoms with Gasteiger partial charge in [0.1, 0.15) is 0 Å². The zero-order valence-corrected chi connectivity index (χ0v) is 15.5. The molecule has 6 heteroatoms. The molecule has 0 radical (unpaired) electrons. The molecule has 2 aromatic carbocycles. The Balaban J connectivity index is 1.91. The van der Waals surface area contributed by atoms with E-state index in [0.29, 0.717) is 11.3 Å². The maximum absolute atomic E-state index is 12.0. The van der Waals surface area contributed by atoms with Crippen LogP contribution in [0, 0.1) is 6.92 Å².